The number of nitrogens with zero attached hydrogens (tertiary/aromatic N) is 3. The minimum atomic E-state index is -0.00579. The van der Waals surface area contributed by atoms with E-state index in [-0.39, 0.29) is 11.4 Å². The summed E-state index contributed by atoms with van der Waals surface area (Å²) in [6.07, 6.45) is 9.83. The molecule has 5 heteroatoms. The molecule has 2 saturated heterocycles. The third kappa shape index (κ3) is 2.27. The Bertz CT molecular complexity index is 442. The highest BCUT2D eigenvalue weighted by Gasteiger charge is 2.45. The van der Waals surface area contributed by atoms with Crippen molar-refractivity contribution in [2.75, 3.05) is 13.1 Å². The van der Waals surface area contributed by atoms with E-state index in [2.05, 4.69) is 22.1 Å². The normalized spacial score (nSPS) is 31.0. The van der Waals surface area contributed by atoms with E-state index in [0.717, 1.165) is 32.4 Å². The van der Waals surface area contributed by atoms with Gasteiger partial charge >= 0.3 is 0 Å². The second kappa shape index (κ2) is 4.96. The van der Waals surface area contributed by atoms with Gasteiger partial charge in [0, 0.05) is 25.0 Å². The number of fused-ring (bicyclic) bond motifs is 1. The number of amides is 1. The Morgan fingerprint density at radius 3 is 3.21 bits per heavy atom. The lowest BCUT2D eigenvalue weighted by atomic mass is 9.77. The van der Waals surface area contributed by atoms with Gasteiger partial charge in [0.1, 0.15) is 6.54 Å². The van der Waals surface area contributed by atoms with Crippen LogP contribution in [0.15, 0.2) is 18.7 Å². The molecule has 2 atom stereocenters. The molecule has 1 aromatic heterocycles. The predicted octanol–water partition coefficient (Wildman–Crippen LogP) is 1.02. The highest BCUT2D eigenvalue weighted by atomic mass is 16.2. The van der Waals surface area contributed by atoms with Crippen molar-refractivity contribution >= 4 is 5.91 Å². The summed E-state index contributed by atoms with van der Waals surface area (Å²) >= 11 is 0. The van der Waals surface area contributed by atoms with Crippen molar-refractivity contribution in [3.05, 3.63) is 18.7 Å². The number of nitrogens with one attached hydrogen (secondary N) is 1. The average Bonchev–Trinajstić information content (AvgIpc) is 2.90. The molecule has 0 spiro atoms. The zero-order valence-corrected chi connectivity index (χ0v) is 11.5. The van der Waals surface area contributed by atoms with Gasteiger partial charge < -0.3 is 14.8 Å². The molecule has 0 aliphatic carbocycles. The first-order valence-corrected chi connectivity index (χ1v) is 7.20. The fourth-order valence-corrected chi connectivity index (χ4v) is 3.59. The third-order valence-electron chi connectivity index (χ3n) is 4.67. The number of aromatic nitrogens is 2. The molecule has 1 amide bonds. The first-order chi connectivity index (χ1) is 9.20. The predicted molar refractivity (Wildman–Crippen MR) is 72.6 cm³/mol. The Kier molecular flexibility index (Phi) is 3.31. The monoisotopic (exact) mass is 262 g/mol. The van der Waals surface area contributed by atoms with Crippen LogP contribution in [-0.2, 0) is 11.3 Å². The highest BCUT2D eigenvalue weighted by Crippen LogP contribution is 2.34. The molecule has 19 heavy (non-hydrogen) atoms. The summed E-state index contributed by atoms with van der Waals surface area (Å²) in [5, 5.41) is 3.59. The lowest BCUT2D eigenvalue weighted by molar-refractivity contribution is -0.143. The van der Waals surface area contributed by atoms with Gasteiger partial charge in [0.15, 0.2) is 0 Å². The third-order valence-corrected chi connectivity index (χ3v) is 4.67. The van der Waals surface area contributed by atoms with Crippen LogP contribution in [0.25, 0.3) is 0 Å². The molecule has 3 rings (SSSR count). The summed E-state index contributed by atoms with van der Waals surface area (Å²) in [5.74, 6) is 0.217. The first kappa shape index (κ1) is 12.7. The Balaban J connectivity index is 1.76. The van der Waals surface area contributed by atoms with Gasteiger partial charge in [0.25, 0.3) is 0 Å². The van der Waals surface area contributed by atoms with Crippen molar-refractivity contribution in [2.45, 2.75) is 50.7 Å². The van der Waals surface area contributed by atoms with Crippen LogP contribution in [0, 0.1) is 0 Å². The van der Waals surface area contributed by atoms with Crippen molar-refractivity contribution < 1.29 is 4.79 Å². The van der Waals surface area contributed by atoms with Crippen LogP contribution in [0.3, 0.4) is 0 Å². The molecule has 104 valence electrons. The zero-order valence-electron chi connectivity index (χ0n) is 11.5. The summed E-state index contributed by atoms with van der Waals surface area (Å²) < 4.78 is 1.85. The largest absolute Gasteiger partial charge is 0.334 e. The quantitative estimate of drug-likeness (QED) is 0.865. The molecule has 0 aromatic carbocycles. The van der Waals surface area contributed by atoms with Crippen LogP contribution >= 0.6 is 0 Å². The van der Waals surface area contributed by atoms with Crippen LogP contribution in [0.4, 0.5) is 0 Å². The van der Waals surface area contributed by atoms with Gasteiger partial charge in [0.2, 0.25) is 5.91 Å². The molecule has 1 aromatic rings. The number of piperidine rings is 2. The van der Waals surface area contributed by atoms with Gasteiger partial charge in [-0.15, -0.1) is 0 Å². The van der Waals surface area contributed by atoms with Crippen molar-refractivity contribution in [3.63, 3.8) is 0 Å². The van der Waals surface area contributed by atoms with E-state index in [1.165, 1.54) is 6.42 Å². The van der Waals surface area contributed by atoms with Crippen LogP contribution < -0.4 is 5.32 Å². The summed E-state index contributed by atoms with van der Waals surface area (Å²) in [7, 11) is 0. The van der Waals surface area contributed by atoms with E-state index in [9.17, 15) is 4.79 Å². The number of hydrogen-bond acceptors (Lipinski definition) is 3. The topological polar surface area (TPSA) is 50.2 Å². The second-order valence-corrected chi connectivity index (χ2v) is 5.89. The van der Waals surface area contributed by atoms with Gasteiger partial charge in [-0.3, -0.25) is 4.79 Å². The van der Waals surface area contributed by atoms with Crippen LogP contribution in [0.2, 0.25) is 0 Å². The fourth-order valence-electron chi connectivity index (χ4n) is 3.59. The van der Waals surface area contributed by atoms with Gasteiger partial charge in [-0.1, -0.05) is 0 Å². The minimum absolute atomic E-state index is 0.00579. The Morgan fingerprint density at radius 1 is 1.53 bits per heavy atom. The van der Waals surface area contributed by atoms with Crippen molar-refractivity contribution in [3.8, 4) is 0 Å². The maximum atomic E-state index is 12.6. The summed E-state index contributed by atoms with van der Waals surface area (Å²) in [5.41, 5.74) is -0.00579. The number of rotatable bonds is 2. The summed E-state index contributed by atoms with van der Waals surface area (Å²) in [4.78, 5) is 18.7. The van der Waals surface area contributed by atoms with Gasteiger partial charge in [0.05, 0.1) is 11.9 Å². The number of likely N-dealkylation sites (tertiary alicyclic amines) is 1. The highest BCUT2D eigenvalue weighted by molar-refractivity contribution is 5.77. The van der Waals surface area contributed by atoms with Crippen molar-refractivity contribution in [1.82, 2.24) is 19.8 Å². The van der Waals surface area contributed by atoms with E-state index >= 15 is 0 Å². The molecule has 0 saturated carbocycles. The molecular weight excluding hydrogens is 240 g/mol. The van der Waals surface area contributed by atoms with E-state index in [4.69, 9.17) is 0 Å². The molecule has 0 unspecified atom stereocenters. The van der Waals surface area contributed by atoms with Crippen LogP contribution in [0.1, 0.15) is 32.6 Å². The molecular formula is C14H22N4O. The smallest absolute Gasteiger partial charge is 0.243 e. The SMILES string of the molecule is C[C@]12CCCN[C@@H]1CCCN2C(=O)Cn1ccnc1. The Morgan fingerprint density at radius 2 is 2.42 bits per heavy atom. The molecule has 0 bridgehead atoms. The lowest BCUT2D eigenvalue weighted by Gasteiger charge is -2.53. The lowest BCUT2D eigenvalue weighted by Crippen LogP contribution is -2.66. The van der Waals surface area contributed by atoms with Crippen LogP contribution in [-0.4, -0.2) is 45.0 Å². The summed E-state index contributed by atoms with van der Waals surface area (Å²) in [6, 6.07) is 0.460. The van der Waals surface area contributed by atoms with Gasteiger partial charge in [-0.25, -0.2) is 4.98 Å². The Labute approximate surface area is 114 Å². The van der Waals surface area contributed by atoms with Gasteiger partial charge in [-0.2, -0.15) is 0 Å². The molecule has 5 nitrogen and oxygen atoms in total. The Hall–Kier alpha value is -1.36. The first-order valence-electron chi connectivity index (χ1n) is 7.20. The van der Waals surface area contributed by atoms with Gasteiger partial charge in [-0.05, 0) is 39.2 Å². The number of carbonyl (C=O) groups is 1. The number of imidazole rings is 1. The summed E-state index contributed by atoms with van der Waals surface area (Å²) in [6.45, 7) is 4.63. The molecule has 2 fully saturated rings. The minimum Gasteiger partial charge on any atom is -0.334 e. The van der Waals surface area contributed by atoms with Crippen LogP contribution in [0.5, 0.6) is 0 Å². The standard InChI is InChI=1S/C14H22N4O/c1-14-5-3-6-16-12(14)4-2-8-18(14)13(19)10-17-9-7-15-11-17/h7,9,11-12,16H,2-6,8,10H2,1H3/t12-,14+/m1/s1. The maximum absolute atomic E-state index is 12.6. The molecule has 2 aliphatic heterocycles. The second-order valence-electron chi connectivity index (χ2n) is 5.89. The molecule has 1 N–H and O–H groups in total. The van der Waals surface area contributed by atoms with Crippen molar-refractivity contribution in [2.24, 2.45) is 0 Å². The van der Waals surface area contributed by atoms with E-state index in [1.807, 2.05) is 10.8 Å². The number of hydrogen-bond donors (Lipinski definition) is 1. The maximum Gasteiger partial charge on any atom is 0.243 e. The van der Waals surface area contributed by atoms with E-state index in [0.29, 0.717) is 12.6 Å². The fraction of sp³-hybridized carbons (Fsp3) is 0.714. The average molecular weight is 262 g/mol. The molecule has 3 heterocycles. The zero-order chi connectivity index (χ0) is 13.3. The molecule has 0 radical (unpaired) electrons. The molecule has 2 aliphatic rings. The number of carbonyl (C=O) groups excluding carboxylic acids is 1. The van der Waals surface area contributed by atoms with E-state index in [1.54, 1.807) is 12.5 Å². The van der Waals surface area contributed by atoms with E-state index < -0.39 is 0 Å². The van der Waals surface area contributed by atoms with Crippen molar-refractivity contribution in [1.29, 1.82) is 0 Å².